The van der Waals surface area contributed by atoms with E-state index in [1.165, 1.54) is 0 Å². The topological polar surface area (TPSA) is 102 Å². The molecule has 0 aliphatic carbocycles. The molecule has 116 valence electrons. The van der Waals surface area contributed by atoms with Gasteiger partial charge >= 0.3 is 12.1 Å². The van der Waals surface area contributed by atoms with E-state index in [9.17, 15) is 18.0 Å². The summed E-state index contributed by atoms with van der Waals surface area (Å²) >= 11 is 0. The standard InChI is InChI=1S/C14H12F3N3O2/c15-14(16,17)11-9(19)5-10(20-12(11)13(21)22)8-3-1-7(6-18)2-4-8/h1-5H,6,18H2,(H2,19,20)(H,21,22). The van der Waals surface area contributed by atoms with Gasteiger partial charge < -0.3 is 16.6 Å². The predicted molar refractivity (Wildman–Crippen MR) is 73.9 cm³/mol. The number of halogens is 3. The Morgan fingerprint density at radius 1 is 1.23 bits per heavy atom. The number of benzene rings is 1. The molecule has 0 spiro atoms. The van der Waals surface area contributed by atoms with E-state index in [1.54, 1.807) is 24.3 Å². The van der Waals surface area contributed by atoms with Crippen LogP contribution in [-0.4, -0.2) is 16.1 Å². The first-order valence-corrected chi connectivity index (χ1v) is 6.14. The van der Waals surface area contributed by atoms with E-state index in [-0.39, 0.29) is 5.69 Å². The summed E-state index contributed by atoms with van der Waals surface area (Å²) in [7, 11) is 0. The molecule has 0 aliphatic heterocycles. The van der Waals surface area contributed by atoms with Crippen LogP contribution in [0, 0.1) is 0 Å². The smallest absolute Gasteiger partial charge is 0.420 e. The zero-order valence-electron chi connectivity index (χ0n) is 11.2. The number of nitrogens with two attached hydrogens (primary N) is 2. The maximum atomic E-state index is 12.9. The van der Waals surface area contributed by atoms with Crippen molar-refractivity contribution in [3.8, 4) is 11.3 Å². The maximum Gasteiger partial charge on any atom is 0.420 e. The van der Waals surface area contributed by atoms with Gasteiger partial charge in [-0.25, -0.2) is 9.78 Å². The van der Waals surface area contributed by atoms with Crippen molar-refractivity contribution in [3.05, 3.63) is 47.2 Å². The highest BCUT2D eigenvalue weighted by atomic mass is 19.4. The second-order valence-corrected chi connectivity index (χ2v) is 4.52. The van der Waals surface area contributed by atoms with E-state index in [1.807, 2.05) is 0 Å². The van der Waals surface area contributed by atoms with E-state index in [4.69, 9.17) is 16.6 Å². The molecule has 1 aromatic heterocycles. The average molecular weight is 311 g/mol. The highest BCUT2D eigenvalue weighted by Gasteiger charge is 2.39. The molecular weight excluding hydrogens is 299 g/mol. The van der Waals surface area contributed by atoms with E-state index in [0.717, 1.165) is 11.6 Å². The molecule has 22 heavy (non-hydrogen) atoms. The molecule has 0 aliphatic rings. The van der Waals surface area contributed by atoms with Crippen LogP contribution >= 0.6 is 0 Å². The second kappa shape index (κ2) is 5.64. The van der Waals surface area contributed by atoms with Gasteiger partial charge in [-0.05, 0) is 11.6 Å². The molecule has 0 unspecified atom stereocenters. The minimum Gasteiger partial charge on any atom is -0.476 e. The molecule has 0 radical (unpaired) electrons. The summed E-state index contributed by atoms with van der Waals surface area (Å²) in [5.41, 5.74) is 8.92. The summed E-state index contributed by atoms with van der Waals surface area (Å²) in [6.07, 6.45) is -4.90. The molecule has 0 fully saturated rings. The van der Waals surface area contributed by atoms with Crippen LogP contribution in [0.5, 0.6) is 0 Å². The zero-order chi connectivity index (χ0) is 16.5. The molecule has 0 atom stereocenters. The SMILES string of the molecule is NCc1ccc(-c2cc(N)c(C(F)(F)F)c(C(=O)O)n2)cc1. The largest absolute Gasteiger partial charge is 0.476 e. The molecule has 8 heteroatoms. The lowest BCUT2D eigenvalue weighted by Crippen LogP contribution is -2.18. The van der Waals surface area contributed by atoms with Crippen LogP contribution in [0.4, 0.5) is 18.9 Å². The van der Waals surface area contributed by atoms with Gasteiger partial charge in [0.05, 0.1) is 5.69 Å². The number of carbonyl (C=O) groups is 1. The van der Waals surface area contributed by atoms with Gasteiger partial charge in [0, 0.05) is 17.8 Å². The first kappa shape index (κ1) is 15.8. The van der Waals surface area contributed by atoms with Crippen LogP contribution in [0.3, 0.4) is 0 Å². The number of carboxylic acid groups (broad SMARTS) is 1. The Morgan fingerprint density at radius 3 is 2.27 bits per heavy atom. The molecule has 0 bridgehead atoms. The minimum absolute atomic E-state index is 0.0477. The van der Waals surface area contributed by atoms with Gasteiger partial charge in [0.25, 0.3) is 0 Å². The number of nitrogen functional groups attached to an aromatic ring is 1. The van der Waals surface area contributed by atoms with Gasteiger partial charge in [-0.1, -0.05) is 24.3 Å². The lowest BCUT2D eigenvalue weighted by atomic mass is 10.0. The summed E-state index contributed by atoms with van der Waals surface area (Å²) in [6.45, 7) is 0.309. The summed E-state index contributed by atoms with van der Waals surface area (Å²) in [5, 5.41) is 8.97. The van der Waals surface area contributed by atoms with Crippen molar-refractivity contribution in [1.29, 1.82) is 0 Å². The summed E-state index contributed by atoms with van der Waals surface area (Å²) in [6, 6.07) is 7.52. The Morgan fingerprint density at radius 2 is 1.82 bits per heavy atom. The summed E-state index contributed by atoms with van der Waals surface area (Å²) < 4.78 is 38.7. The van der Waals surface area contributed by atoms with Gasteiger partial charge in [0.2, 0.25) is 0 Å². The van der Waals surface area contributed by atoms with E-state index in [0.29, 0.717) is 12.1 Å². The van der Waals surface area contributed by atoms with Crippen molar-refractivity contribution in [3.63, 3.8) is 0 Å². The number of aromatic carboxylic acids is 1. The Bertz CT molecular complexity index is 713. The number of hydrogen-bond donors (Lipinski definition) is 3. The fourth-order valence-corrected chi connectivity index (χ4v) is 1.98. The molecule has 1 aromatic carbocycles. The van der Waals surface area contributed by atoms with Crippen LogP contribution < -0.4 is 11.5 Å². The van der Waals surface area contributed by atoms with E-state index < -0.39 is 29.1 Å². The molecule has 2 aromatic rings. The summed E-state index contributed by atoms with van der Waals surface area (Å²) in [4.78, 5) is 14.7. The monoisotopic (exact) mass is 311 g/mol. The van der Waals surface area contributed by atoms with E-state index >= 15 is 0 Å². The van der Waals surface area contributed by atoms with Crippen LogP contribution in [0.1, 0.15) is 21.6 Å². The molecule has 5 N–H and O–H groups in total. The fraction of sp³-hybridized carbons (Fsp3) is 0.143. The third-order valence-corrected chi connectivity index (χ3v) is 3.02. The number of pyridine rings is 1. The lowest BCUT2D eigenvalue weighted by Gasteiger charge is -2.14. The maximum absolute atomic E-state index is 12.9. The number of rotatable bonds is 3. The molecule has 5 nitrogen and oxygen atoms in total. The Hall–Kier alpha value is -2.61. The lowest BCUT2D eigenvalue weighted by molar-refractivity contribution is -0.137. The number of nitrogens with zero attached hydrogens (tertiary/aromatic N) is 1. The number of anilines is 1. The van der Waals surface area contributed by atoms with Crippen molar-refractivity contribution in [2.45, 2.75) is 12.7 Å². The minimum atomic E-state index is -4.90. The molecule has 1 heterocycles. The summed E-state index contributed by atoms with van der Waals surface area (Å²) in [5.74, 6) is -1.79. The molecule has 2 rings (SSSR count). The molecular formula is C14H12F3N3O2. The van der Waals surface area contributed by atoms with E-state index in [2.05, 4.69) is 4.98 Å². The zero-order valence-corrected chi connectivity index (χ0v) is 11.2. The van der Waals surface area contributed by atoms with Crippen molar-refractivity contribution in [2.24, 2.45) is 5.73 Å². The van der Waals surface area contributed by atoms with Gasteiger partial charge in [0.15, 0.2) is 5.69 Å². The van der Waals surface area contributed by atoms with Crippen LogP contribution in [0.2, 0.25) is 0 Å². The predicted octanol–water partition coefficient (Wildman–Crippen LogP) is 2.51. The Kier molecular flexibility index (Phi) is 4.05. The number of hydrogen-bond acceptors (Lipinski definition) is 4. The third-order valence-electron chi connectivity index (χ3n) is 3.02. The van der Waals surface area contributed by atoms with Crippen molar-refractivity contribution >= 4 is 11.7 Å². The van der Waals surface area contributed by atoms with Gasteiger partial charge in [-0.3, -0.25) is 0 Å². The van der Waals surface area contributed by atoms with Gasteiger partial charge in [0.1, 0.15) is 5.56 Å². The number of aromatic nitrogens is 1. The fourth-order valence-electron chi connectivity index (χ4n) is 1.98. The van der Waals surface area contributed by atoms with Crippen LogP contribution in [0.15, 0.2) is 30.3 Å². The molecule has 0 saturated heterocycles. The van der Waals surface area contributed by atoms with Gasteiger partial charge in [-0.2, -0.15) is 13.2 Å². The van der Waals surface area contributed by atoms with Crippen molar-refractivity contribution in [1.82, 2.24) is 4.98 Å². The highest BCUT2D eigenvalue weighted by Crippen LogP contribution is 2.37. The second-order valence-electron chi connectivity index (χ2n) is 4.52. The Balaban J connectivity index is 2.62. The highest BCUT2D eigenvalue weighted by molar-refractivity contribution is 5.90. The van der Waals surface area contributed by atoms with Crippen molar-refractivity contribution in [2.75, 3.05) is 5.73 Å². The number of alkyl halides is 3. The molecule has 0 saturated carbocycles. The average Bonchev–Trinajstić information content (AvgIpc) is 2.45. The first-order chi connectivity index (χ1) is 10.2. The third kappa shape index (κ3) is 3.01. The van der Waals surface area contributed by atoms with Crippen LogP contribution in [0.25, 0.3) is 11.3 Å². The Labute approximate surface area is 123 Å². The van der Waals surface area contributed by atoms with Crippen LogP contribution in [-0.2, 0) is 12.7 Å². The quantitative estimate of drug-likeness (QED) is 0.808. The van der Waals surface area contributed by atoms with Gasteiger partial charge in [-0.15, -0.1) is 0 Å². The first-order valence-electron chi connectivity index (χ1n) is 6.14. The molecule has 0 amide bonds. The van der Waals surface area contributed by atoms with Crippen molar-refractivity contribution < 1.29 is 23.1 Å². The number of carboxylic acids is 1. The normalized spacial score (nSPS) is 11.5.